The van der Waals surface area contributed by atoms with Crippen LogP contribution >= 0.6 is 11.8 Å². The number of hydrogen-bond donors (Lipinski definition) is 4. The van der Waals surface area contributed by atoms with Gasteiger partial charge in [0.1, 0.15) is 6.04 Å². The Bertz CT molecular complexity index is 159. The number of carboxylic acid groups (broad SMARTS) is 3. The van der Waals surface area contributed by atoms with Crippen molar-refractivity contribution in [3.05, 3.63) is 0 Å². The van der Waals surface area contributed by atoms with Crippen LogP contribution in [0, 0.1) is 0 Å². The highest BCUT2D eigenvalue weighted by molar-refractivity contribution is 7.98. The maximum absolute atomic E-state index is 10.1. The second-order valence-corrected chi connectivity index (χ2v) is 2.99. The molecule has 0 saturated heterocycles. The second-order valence-electron chi connectivity index (χ2n) is 2.01. The van der Waals surface area contributed by atoms with Crippen LogP contribution in [0.3, 0.4) is 0 Å². The summed E-state index contributed by atoms with van der Waals surface area (Å²) in [6.45, 7) is 0. The topological polar surface area (TPSA) is 121 Å². The van der Waals surface area contributed by atoms with Gasteiger partial charge >= 0.3 is 12.1 Å². The number of hydrogen-bond acceptors (Lipinski definition) is 4. The zero-order valence-electron chi connectivity index (χ0n) is 7.14. The van der Waals surface area contributed by atoms with Gasteiger partial charge in [0, 0.05) is 0 Å². The molecule has 0 aliphatic carbocycles. The van der Waals surface area contributed by atoms with E-state index < -0.39 is 18.2 Å². The van der Waals surface area contributed by atoms with Crippen LogP contribution in [0.25, 0.3) is 0 Å². The van der Waals surface area contributed by atoms with Gasteiger partial charge in [-0.25, -0.2) is 4.79 Å². The Hall–Kier alpha value is -0.950. The van der Waals surface area contributed by atoms with E-state index in [4.69, 9.17) is 25.8 Å². The predicted molar refractivity (Wildman–Crippen MR) is 49.3 cm³/mol. The van der Waals surface area contributed by atoms with Crippen molar-refractivity contribution in [3.8, 4) is 0 Å². The molecular formula is C6H13NO5S. The fraction of sp³-hybridized carbons (Fsp3) is 0.667. The van der Waals surface area contributed by atoms with E-state index in [0.29, 0.717) is 6.42 Å². The Morgan fingerprint density at radius 3 is 2.00 bits per heavy atom. The average molecular weight is 211 g/mol. The van der Waals surface area contributed by atoms with Gasteiger partial charge in [0.25, 0.3) is 0 Å². The third-order valence-electron chi connectivity index (χ3n) is 0.950. The molecule has 1 unspecified atom stereocenters. The monoisotopic (exact) mass is 211 g/mol. The van der Waals surface area contributed by atoms with Gasteiger partial charge in [0.2, 0.25) is 0 Å². The quantitative estimate of drug-likeness (QED) is 0.530. The van der Waals surface area contributed by atoms with Gasteiger partial charge < -0.3 is 21.1 Å². The smallest absolute Gasteiger partial charge is 0.480 e. The molecule has 6 nitrogen and oxygen atoms in total. The summed E-state index contributed by atoms with van der Waals surface area (Å²) in [5.74, 6) is -0.1000. The minimum absolute atomic E-state index is 0.552. The molecule has 0 spiro atoms. The van der Waals surface area contributed by atoms with Gasteiger partial charge in [-0.1, -0.05) is 0 Å². The second kappa shape index (κ2) is 9.14. The normalized spacial score (nSPS) is 10.9. The van der Waals surface area contributed by atoms with Crippen LogP contribution in [0.15, 0.2) is 0 Å². The van der Waals surface area contributed by atoms with Crippen molar-refractivity contribution < 1.29 is 24.9 Å². The van der Waals surface area contributed by atoms with Crippen molar-refractivity contribution >= 4 is 23.9 Å². The maximum atomic E-state index is 10.1. The molecule has 0 fully saturated rings. The predicted octanol–water partition coefficient (Wildman–Crippen LogP) is 0.374. The molecular weight excluding hydrogens is 198 g/mol. The summed E-state index contributed by atoms with van der Waals surface area (Å²) in [6, 6.07) is -0.683. The highest BCUT2D eigenvalue weighted by Crippen LogP contribution is 1.97. The zero-order chi connectivity index (χ0) is 10.9. The maximum Gasteiger partial charge on any atom is 0.503 e. The molecule has 0 aliphatic rings. The van der Waals surface area contributed by atoms with Crippen LogP contribution in [0.2, 0.25) is 0 Å². The highest BCUT2D eigenvalue weighted by Gasteiger charge is 2.08. The lowest BCUT2D eigenvalue weighted by Gasteiger charge is -2.02. The number of nitrogens with two attached hydrogens (primary N) is 1. The first-order valence-electron chi connectivity index (χ1n) is 3.31. The molecule has 78 valence electrons. The first-order chi connectivity index (χ1) is 5.91. The van der Waals surface area contributed by atoms with Gasteiger partial charge in [-0.2, -0.15) is 11.8 Å². The fourth-order valence-electron chi connectivity index (χ4n) is 0.368. The molecule has 0 aromatic carbocycles. The van der Waals surface area contributed by atoms with E-state index in [-0.39, 0.29) is 0 Å². The third-order valence-corrected chi connectivity index (χ3v) is 1.59. The number of thioether (sulfide) groups is 1. The van der Waals surface area contributed by atoms with Crippen LogP contribution < -0.4 is 5.73 Å². The summed E-state index contributed by atoms with van der Waals surface area (Å²) >= 11 is 1.60. The largest absolute Gasteiger partial charge is 0.503 e. The molecule has 1 atom stereocenters. The Balaban J connectivity index is 0. The number of carboxylic acids is 1. The van der Waals surface area contributed by atoms with Crippen molar-refractivity contribution in [2.75, 3.05) is 12.0 Å². The lowest BCUT2D eigenvalue weighted by molar-refractivity contribution is -0.138. The molecule has 0 amide bonds. The molecule has 13 heavy (non-hydrogen) atoms. The van der Waals surface area contributed by atoms with Gasteiger partial charge in [-0.3, -0.25) is 4.79 Å². The summed E-state index contributed by atoms with van der Waals surface area (Å²) < 4.78 is 0. The standard InChI is InChI=1S/C5H11NO2S.CH2O3/c1-9-3-2-4(6)5(7)8;2-1(3)4/h4H,2-3,6H2,1H3,(H,7,8);(H2,2,3,4). The van der Waals surface area contributed by atoms with Gasteiger partial charge in [0.15, 0.2) is 0 Å². The van der Waals surface area contributed by atoms with Crippen molar-refractivity contribution in [1.82, 2.24) is 0 Å². The zero-order valence-corrected chi connectivity index (χ0v) is 7.95. The van der Waals surface area contributed by atoms with Crippen molar-refractivity contribution in [2.24, 2.45) is 5.73 Å². The van der Waals surface area contributed by atoms with E-state index in [1.165, 1.54) is 0 Å². The summed E-state index contributed by atoms with van der Waals surface area (Å²) in [6.07, 6.45) is 0.644. The first kappa shape index (κ1) is 14.6. The van der Waals surface area contributed by atoms with Crippen LogP contribution in [0.1, 0.15) is 6.42 Å². The molecule has 0 bridgehead atoms. The lowest BCUT2D eigenvalue weighted by Crippen LogP contribution is -2.30. The van der Waals surface area contributed by atoms with E-state index in [9.17, 15) is 4.79 Å². The summed E-state index contributed by atoms with van der Waals surface area (Å²) in [5.41, 5.74) is 5.19. The minimum atomic E-state index is -1.83. The van der Waals surface area contributed by atoms with Gasteiger partial charge in [0.05, 0.1) is 0 Å². The summed E-state index contributed by atoms with van der Waals surface area (Å²) in [4.78, 5) is 18.6. The Labute approximate surface area is 79.7 Å². The molecule has 0 rings (SSSR count). The van der Waals surface area contributed by atoms with Crippen LogP contribution in [0.4, 0.5) is 4.79 Å². The van der Waals surface area contributed by atoms with Gasteiger partial charge in [-0.15, -0.1) is 0 Å². The Morgan fingerprint density at radius 1 is 1.38 bits per heavy atom. The van der Waals surface area contributed by atoms with E-state index in [1.54, 1.807) is 11.8 Å². The first-order valence-corrected chi connectivity index (χ1v) is 4.70. The van der Waals surface area contributed by atoms with Crippen molar-refractivity contribution in [2.45, 2.75) is 12.5 Å². The molecule has 0 radical (unpaired) electrons. The Kier molecular flexibility index (Phi) is 10.2. The van der Waals surface area contributed by atoms with E-state index >= 15 is 0 Å². The number of aliphatic carboxylic acids is 1. The highest BCUT2D eigenvalue weighted by atomic mass is 32.2. The summed E-state index contributed by atoms with van der Waals surface area (Å²) in [7, 11) is 0. The molecule has 0 heterocycles. The molecule has 7 heteroatoms. The van der Waals surface area contributed by atoms with E-state index in [0.717, 1.165) is 5.75 Å². The average Bonchev–Trinajstić information content (AvgIpc) is 1.98. The minimum Gasteiger partial charge on any atom is -0.480 e. The van der Waals surface area contributed by atoms with Crippen LogP contribution in [0.5, 0.6) is 0 Å². The molecule has 0 aromatic heterocycles. The van der Waals surface area contributed by atoms with Crippen molar-refractivity contribution in [1.29, 1.82) is 0 Å². The van der Waals surface area contributed by atoms with Crippen LogP contribution in [-0.2, 0) is 4.79 Å². The SMILES string of the molecule is CSCCC(N)C(=O)O.O=C(O)O. The number of carbonyl (C=O) groups is 2. The van der Waals surface area contributed by atoms with Gasteiger partial charge in [-0.05, 0) is 18.4 Å². The third kappa shape index (κ3) is 18.2. The van der Waals surface area contributed by atoms with Crippen LogP contribution in [-0.4, -0.2) is 45.5 Å². The van der Waals surface area contributed by atoms with E-state index in [1.807, 2.05) is 6.26 Å². The summed E-state index contributed by atoms with van der Waals surface area (Å²) in [5, 5.41) is 22.2. The number of rotatable bonds is 4. The molecule has 0 aliphatic heterocycles. The molecule has 0 saturated carbocycles. The molecule has 0 aromatic rings. The van der Waals surface area contributed by atoms with Crippen molar-refractivity contribution in [3.63, 3.8) is 0 Å². The fourth-order valence-corrected chi connectivity index (χ4v) is 0.858. The van der Waals surface area contributed by atoms with E-state index in [2.05, 4.69) is 0 Å². The molecule has 5 N–H and O–H groups in total. The lowest BCUT2D eigenvalue weighted by atomic mass is 10.2. The Morgan fingerprint density at radius 2 is 1.77 bits per heavy atom.